The summed E-state index contributed by atoms with van der Waals surface area (Å²) in [5.41, 5.74) is 1.56. The number of nitrogens with zero attached hydrogens (tertiary/aromatic N) is 3. The van der Waals surface area contributed by atoms with Gasteiger partial charge in [0.25, 0.3) is 0 Å². The van der Waals surface area contributed by atoms with Gasteiger partial charge in [0, 0.05) is 4.88 Å². The van der Waals surface area contributed by atoms with Crippen LogP contribution in [0.5, 0.6) is 0 Å². The number of piperazine rings is 1. The molecule has 1 fully saturated rings. The van der Waals surface area contributed by atoms with Gasteiger partial charge in [-0.3, -0.25) is 0 Å². The molecular formula is C16H23N4S+. The van der Waals surface area contributed by atoms with Crippen molar-refractivity contribution < 1.29 is 4.90 Å². The lowest BCUT2D eigenvalue weighted by atomic mass is 9.97. The van der Waals surface area contributed by atoms with E-state index in [0.717, 1.165) is 13.1 Å². The van der Waals surface area contributed by atoms with E-state index in [4.69, 9.17) is 0 Å². The number of fused-ring (bicyclic) bond motifs is 3. The van der Waals surface area contributed by atoms with E-state index in [1.807, 2.05) is 11.3 Å². The summed E-state index contributed by atoms with van der Waals surface area (Å²) in [6.07, 6.45) is 6.88. The second kappa shape index (κ2) is 5.54. The van der Waals surface area contributed by atoms with Crippen LogP contribution >= 0.6 is 11.3 Å². The van der Waals surface area contributed by atoms with Gasteiger partial charge in [-0.15, -0.1) is 11.3 Å². The summed E-state index contributed by atoms with van der Waals surface area (Å²) in [6.45, 7) is 8.23. The maximum Gasteiger partial charge on any atom is 0.141 e. The molecule has 1 aliphatic carbocycles. The van der Waals surface area contributed by atoms with Gasteiger partial charge in [-0.05, 0) is 38.2 Å². The number of aromatic nitrogens is 2. The predicted octanol–water partition coefficient (Wildman–Crippen LogP) is 1.29. The van der Waals surface area contributed by atoms with Crippen molar-refractivity contribution in [1.29, 1.82) is 0 Å². The number of quaternary nitrogens is 1. The van der Waals surface area contributed by atoms with Crippen LogP contribution in [0.1, 0.15) is 30.2 Å². The molecule has 21 heavy (non-hydrogen) atoms. The van der Waals surface area contributed by atoms with Gasteiger partial charge in [0.15, 0.2) is 0 Å². The third kappa shape index (κ3) is 2.32. The van der Waals surface area contributed by atoms with Crippen molar-refractivity contribution in [3.8, 4) is 0 Å². The van der Waals surface area contributed by atoms with Gasteiger partial charge >= 0.3 is 0 Å². The van der Waals surface area contributed by atoms with Crippen molar-refractivity contribution in [2.24, 2.45) is 0 Å². The highest BCUT2D eigenvalue weighted by molar-refractivity contribution is 7.19. The molecule has 1 aliphatic heterocycles. The number of anilines is 1. The van der Waals surface area contributed by atoms with Gasteiger partial charge in [0.05, 0.1) is 38.1 Å². The zero-order valence-corrected chi connectivity index (χ0v) is 13.5. The Morgan fingerprint density at radius 3 is 2.81 bits per heavy atom. The first-order chi connectivity index (χ1) is 10.4. The molecule has 1 saturated heterocycles. The first-order valence-electron chi connectivity index (χ1n) is 8.20. The van der Waals surface area contributed by atoms with E-state index in [2.05, 4.69) is 21.8 Å². The maximum absolute atomic E-state index is 4.67. The fourth-order valence-corrected chi connectivity index (χ4v) is 4.93. The van der Waals surface area contributed by atoms with Crippen LogP contribution in [0, 0.1) is 0 Å². The number of likely N-dealkylation sites (N-methyl/N-ethyl adjacent to an activating group) is 1. The molecule has 0 unspecified atom stereocenters. The van der Waals surface area contributed by atoms with Crippen molar-refractivity contribution in [1.82, 2.24) is 9.97 Å². The molecule has 2 aromatic rings. The van der Waals surface area contributed by atoms with Crippen LogP contribution < -0.4 is 9.80 Å². The Kier molecular flexibility index (Phi) is 3.55. The zero-order valence-electron chi connectivity index (χ0n) is 12.7. The van der Waals surface area contributed by atoms with Gasteiger partial charge in [-0.1, -0.05) is 0 Å². The standard InChI is InChI=1S/C16H22N4S/c1-2-19-7-9-20(10-8-19)15-14-12-5-3-4-6-13(12)21-16(14)18-11-17-15/h11H,2-10H2,1H3/p+1. The number of thiophene rings is 1. The molecule has 4 rings (SSSR count). The average Bonchev–Trinajstić information content (AvgIpc) is 2.93. The molecule has 3 heterocycles. The molecule has 112 valence electrons. The van der Waals surface area contributed by atoms with Crippen LogP contribution in [0.4, 0.5) is 5.82 Å². The molecule has 1 N–H and O–H groups in total. The SMILES string of the molecule is CC[NH+]1CCN(c2ncnc3sc4c(c23)CCCC4)CC1. The Labute approximate surface area is 129 Å². The highest BCUT2D eigenvalue weighted by atomic mass is 32.1. The number of nitrogens with one attached hydrogen (secondary N) is 1. The van der Waals surface area contributed by atoms with E-state index in [1.54, 1.807) is 21.7 Å². The molecule has 0 spiro atoms. The molecule has 0 atom stereocenters. The van der Waals surface area contributed by atoms with E-state index in [9.17, 15) is 0 Å². The van der Waals surface area contributed by atoms with Crippen LogP contribution in [0.15, 0.2) is 6.33 Å². The monoisotopic (exact) mass is 303 g/mol. The second-order valence-electron chi connectivity index (χ2n) is 6.18. The predicted molar refractivity (Wildman–Crippen MR) is 87.5 cm³/mol. The summed E-state index contributed by atoms with van der Waals surface area (Å²) < 4.78 is 0. The molecule has 0 aromatic carbocycles. The first kappa shape index (κ1) is 13.5. The van der Waals surface area contributed by atoms with Crippen LogP contribution in [-0.2, 0) is 12.8 Å². The number of aryl methyl sites for hydroxylation is 2. The molecule has 0 radical (unpaired) electrons. The van der Waals surface area contributed by atoms with Crippen LogP contribution in [-0.4, -0.2) is 42.7 Å². The first-order valence-corrected chi connectivity index (χ1v) is 9.02. The quantitative estimate of drug-likeness (QED) is 0.908. The Hall–Kier alpha value is -1.20. The lowest BCUT2D eigenvalue weighted by Gasteiger charge is -2.32. The fourth-order valence-electron chi connectivity index (χ4n) is 3.70. The molecule has 2 aliphatic rings. The lowest BCUT2D eigenvalue weighted by molar-refractivity contribution is -0.898. The van der Waals surface area contributed by atoms with Gasteiger partial charge in [-0.25, -0.2) is 9.97 Å². The second-order valence-corrected chi connectivity index (χ2v) is 7.26. The van der Waals surface area contributed by atoms with Crippen molar-refractivity contribution in [3.05, 3.63) is 16.8 Å². The van der Waals surface area contributed by atoms with Gasteiger partial charge in [0.1, 0.15) is 17.0 Å². The Morgan fingerprint density at radius 1 is 1.19 bits per heavy atom. The fraction of sp³-hybridized carbons (Fsp3) is 0.625. The molecule has 2 aromatic heterocycles. The van der Waals surface area contributed by atoms with E-state index in [-0.39, 0.29) is 0 Å². The minimum absolute atomic E-state index is 1.12. The lowest BCUT2D eigenvalue weighted by Crippen LogP contribution is -3.14. The highest BCUT2D eigenvalue weighted by Crippen LogP contribution is 2.39. The molecule has 5 heteroatoms. The Balaban J connectivity index is 1.73. The Morgan fingerprint density at radius 2 is 2.00 bits per heavy atom. The van der Waals surface area contributed by atoms with E-state index in [1.165, 1.54) is 61.4 Å². The average molecular weight is 303 g/mol. The molecule has 4 nitrogen and oxygen atoms in total. The molecule has 0 saturated carbocycles. The highest BCUT2D eigenvalue weighted by Gasteiger charge is 2.25. The summed E-state index contributed by atoms with van der Waals surface area (Å²) in [7, 11) is 0. The van der Waals surface area contributed by atoms with Crippen molar-refractivity contribution in [3.63, 3.8) is 0 Å². The van der Waals surface area contributed by atoms with Gasteiger partial charge in [0.2, 0.25) is 0 Å². The summed E-state index contributed by atoms with van der Waals surface area (Å²) in [4.78, 5) is 16.2. The van der Waals surface area contributed by atoms with E-state index >= 15 is 0 Å². The molecule has 0 amide bonds. The minimum Gasteiger partial charge on any atom is -0.345 e. The van der Waals surface area contributed by atoms with Crippen molar-refractivity contribution >= 4 is 27.4 Å². The minimum atomic E-state index is 1.12. The maximum atomic E-state index is 4.67. The normalized spacial score (nSPS) is 20.0. The zero-order chi connectivity index (χ0) is 14.2. The summed E-state index contributed by atoms with van der Waals surface area (Å²) >= 11 is 1.90. The van der Waals surface area contributed by atoms with Crippen LogP contribution in [0.25, 0.3) is 10.2 Å². The topological polar surface area (TPSA) is 33.5 Å². The number of hydrogen-bond acceptors (Lipinski definition) is 4. The third-order valence-electron chi connectivity index (χ3n) is 5.00. The smallest absolute Gasteiger partial charge is 0.141 e. The van der Waals surface area contributed by atoms with Gasteiger partial charge < -0.3 is 9.80 Å². The van der Waals surface area contributed by atoms with Crippen molar-refractivity contribution in [2.75, 3.05) is 37.6 Å². The summed E-state index contributed by atoms with van der Waals surface area (Å²) in [5.74, 6) is 1.20. The van der Waals surface area contributed by atoms with Crippen LogP contribution in [0.2, 0.25) is 0 Å². The molecular weight excluding hydrogens is 280 g/mol. The van der Waals surface area contributed by atoms with Gasteiger partial charge in [-0.2, -0.15) is 0 Å². The largest absolute Gasteiger partial charge is 0.345 e. The Bertz CT molecular complexity index is 643. The molecule has 0 bridgehead atoms. The van der Waals surface area contributed by atoms with E-state index in [0.29, 0.717) is 0 Å². The number of rotatable bonds is 2. The summed E-state index contributed by atoms with van der Waals surface area (Å²) in [5, 5.41) is 1.37. The summed E-state index contributed by atoms with van der Waals surface area (Å²) in [6, 6.07) is 0. The number of hydrogen-bond donors (Lipinski definition) is 1. The van der Waals surface area contributed by atoms with E-state index < -0.39 is 0 Å². The van der Waals surface area contributed by atoms with Crippen molar-refractivity contribution in [2.45, 2.75) is 32.6 Å². The third-order valence-corrected chi connectivity index (χ3v) is 6.20. The van der Waals surface area contributed by atoms with Crippen LogP contribution in [0.3, 0.4) is 0 Å².